The van der Waals surface area contributed by atoms with Crippen LogP contribution in [0.4, 0.5) is 4.39 Å². The van der Waals surface area contributed by atoms with Gasteiger partial charge in [-0.3, -0.25) is 4.79 Å². The second kappa shape index (κ2) is 7.25. The lowest BCUT2D eigenvalue weighted by atomic mass is 10.0. The molecule has 0 aliphatic heterocycles. The summed E-state index contributed by atoms with van der Waals surface area (Å²) in [7, 11) is 1.80. The zero-order chi connectivity index (χ0) is 18.0. The molecule has 0 radical (unpaired) electrons. The zero-order valence-electron chi connectivity index (χ0n) is 13.2. The SMILES string of the molecule is Cn1ccnc1C(NC(=O)c1cc(Cl)cc(Cl)c1)c1cccc(F)c1. The quantitative estimate of drug-likeness (QED) is 0.732. The average Bonchev–Trinajstić information content (AvgIpc) is 2.97. The van der Waals surface area contributed by atoms with Crippen LogP contribution in [0.5, 0.6) is 0 Å². The number of amides is 1. The summed E-state index contributed by atoms with van der Waals surface area (Å²) in [5.41, 5.74) is 0.892. The first-order chi connectivity index (χ1) is 11.9. The van der Waals surface area contributed by atoms with E-state index in [-0.39, 0.29) is 5.91 Å². The van der Waals surface area contributed by atoms with Crippen LogP contribution < -0.4 is 5.32 Å². The van der Waals surface area contributed by atoms with E-state index in [4.69, 9.17) is 23.2 Å². The van der Waals surface area contributed by atoms with Crippen molar-refractivity contribution in [3.8, 4) is 0 Å². The van der Waals surface area contributed by atoms with Crippen LogP contribution in [-0.4, -0.2) is 15.5 Å². The number of carbonyl (C=O) groups is 1. The van der Waals surface area contributed by atoms with Crippen LogP contribution in [0.15, 0.2) is 54.9 Å². The van der Waals surface area contributed by atoms with Crippen LogP contribution in [0.3, 0.4) is 0 Å². The molecule has 0 aliphatic carbocycles. The molecule has 4 nitrogen and oxygen atoms in total. The van der Waals surface area contributed by atoms with Gasteiger partial charge in [0.05, 0.1) is 0 Å². The molecular formula is C18H14Cl2FN3O. The van der Waals surface area contributed by atoms with Gasteiger partial charge in [0.1, 0.15) is 17.7 Å². The van der Waals surface area contributed by atoms with Crippen LogP contribution in [0, 0.1) is 5.82 Å². The Labute approximate surface area is 154 Å². The second-order valence-corrected chi connectivity index (χ2v) is 6.39. The molecule has 0 saturated heterocycles. The van der Waals surface area contributed by atoms with E-state index in [1.54, 1.807) is 42.2 Å². The minimum Gasteiger partial charge on any atom is -0.338 e. The highest BCUT2D eigenvalue weighted by Crippen LogP contribution is 2.23. The molecule has 0 fully saturated rings. The van der Waals surface area contributed by atoms with E-state index in [2.05, 4.69) is 10.3 Å². The molecule has 0 aliphatic rings. The Morgan fingerprint density at radius 1 is 1.20 bits per heavy atom. The third kappa shape index (κ3) is 4.00. The first-order valence-electron chi connectivity index (χ1n) is 7.43. The van der Waals surface area contributed by atoms with Gasteiger partial charge in [-0.15, -0.1) is 0 Å². The topological polar surface area (TPSA) is 46.9 Å². The van der Waals surface area contributed by atoms with Crippen molar-refractivity contribution in [1.29, 1.82) is 0 Å². The maximum absolute atomic E-state index is 13.7. The number of nitrogens with zero attached hydrogens (tertiary/aromatic N) is 2. The number of carbonyl (C=O) groups excluding carboxylic acids is 1. The maximum Gasteiger partial charge on any atom is 0.252 e. The minimum atomic E-state index is -0.624. The summed E-state index contributed by atoms with van der Waals surface area (Å²) in [5.74, 6) is -0.203. The third-order valence-electron chi connectivity index (χ3n) is 3.70. The lowest BCUT2D eigenvalue weighted by Gasteiger charge is -2.19. The summed E-state index contributed by atoms with van der Waals surface area (Å²) in [6, 6.07) is 9.98. The number of nitrogens with one attached hydrogen (secondary N) is 1. The van der Waals surface area contributed by atoms with Crippen LogP contribution in [-0.2, 0) is 7.05 Å². The van der Waals surface area contributed by atoms with Crippen molar-refractivity contribution < 1.29 is 9.18 Å². The molecule has 1 amide bonds. The van der Waals surface area contributed by atoms with Crippen molar-refractivity contribution >= 4 is 29.1 Å². The molecule has 1 aromatic heterocycles. The van der Waals surface area contributed by atoms with Crippen molar-refractivity contribution in [2.24, 2.45) is 7.05 Å². The molecule has 7 heteroatoms. The Morgan fingerprint density at radius 3 is 2.52 bits per heavy atom. The molecule has 1 N–H and O–H groups in total. The molecule has 1 atom stereocenters. The van der Waals surface area contributed by atoms with Crippen LogP contribution in [0.1, 0.15) is 27.8 Å². The van der Waals surface area contributed by atoms with Crippen molar-refractivity contribution in [2.75, 3.05) is 0 Å². The van der Waals surface area contributed by atoms with E-state index >= 15 is 0 Å². The second-order valence-electron chi connectivity index (χ2n) is 5.52. The number of hydrogen-bond donors (Lipinski definition) is 1. The predicted molar refractivity (Wildman–Crippen MR) is 95.4 cm³/mol. The van der Waals surface area contributed by atoms with Crippen molar-refractivity contribution in [2.45, 2.75) is 6.04 Å². The van der Waals surface area contributed by atoms with Crippen molar-refractivity contribution in [1.82, 2.24) is 14.9 Å². The highest BCUT2D eigenvalue weighted by molar-refractivity contribution is 6.35. The molecule has 3 aromatic rings. The highest BCUT2D eigenvalue weighted by Gasteiger charge is 2.22. The van der Waals surface area contributed by atoms with Crippen molar-refractivity contribution in [3.63, 3.8) is 0 Å². The number of halogens is 3. The number of rotatable bonds is 4. The monoisotopic (exact) mass is 377 g/mol. The molecule has 128 valence electrons. The van der Waals surface area contributed by atoms with E-state index in [9.17, 15) is 9.18 Å². The van der Waals surface area contributed by atoms with Gasteiger partial charge in [-0.2, -0.15) is 0 Å². The molecule has 3 rings (SSSR count). The smallest absolute Gasteiger partial charge is 0.252 e. The fourth-order valence-electron chi connectivity index (χ4n) is 2.54. The van der Waals surface area contributed by atoms with E-state index in [1.807, 2.05) is 0 Å². The van der Waals surface area contributed by atoms with Crippen molar-refractivity contribution in [3.05, 3.63) is 87.7 Å². The summed E-state index contributed by atoms with van der Waals surface area (Å²) in [6.07, 6.45) is 3.37. The summed E-state index contributed by atoms with van der Waals surface area (Å²) < 4.78 is 15.4. The Balaban J connectivity index is 1.98. The van der Waals surface area contributed by atoms with Gasteiger partial charge in [-0.05, 0) is 35.9 Å². The van der Waals surface area contributed by atoms with Gasteiger partial charge >= 0.3 is 0 Å². The van der Waals surface area contributed by atoms with Gasteiger partial charge in [0.15, 0.2) is 0 Å². The highest BCUT2D eigenvalue weighted by atomic mass is 35.5. The zero-order valence-corrected chi connectivity index (χ0v) is 14.7. The fourth-order valence-corrected chi connectivity index (χ4v) is 3.06. The summed E-state index contributed by atoms with van der Waals surface area (Å²) in [4.78, 5) is 16.9. The molecule has 2 aromatic carbocycles. The van der Waals surface area contributed by atoms with Gasteiger partial charge < -0.3 is 9.88 Å². The average molecular weight is 378 g/mol. The van der Waals surface area contributed by atoms with E-state index < -0.39 is 11.9 Å². The number of aryl methyl sites for hydroxylation is 1. The standard InChI is InChI=1S/C18H14Cl2FN3O/c1-24-6-5-22-17(24)16(11-3-2-4-15(21)9-11)23-18(25)12-7-13(19)10-14(20)8-12/h2-10,16H,1H3,(H,23,25). The maximum atomic E-state index is 13.7. The Hall–Kier alpha value is -2.37. The van der Waals surface area contributed by atoms with Gasteiger partial charge in [-0.25, -0.2) is 9.37 Å². The molecule has 0 spiro atoms. The Morgan fingerprint density at radius 2 is 1.92 bits per heavy atom. The number of benzene rings is 2. The summed E-state index contributed by atoms with van der Waals surface area (Å²) >= 11 is 11.9. The van der Waals surface area contributed by atoms with Crippen LogP contribution >= 0.6 is 23.2 Å². The lowest BCUT2D eigenvalue weighted by Crippen LogP contribution is -2.31. The van der Waals surface area contributed by atoms with Gasteiger partial charge in [0.25, 0.3) is 5.91 Å². The normalized spacial score (nSPS) is 12.0. The Kier molecular flexibility index (Phi) is 5.06. The largest absolute Gasteiger partial charge is 0.338 e. The minimum absolute atomic E-state index is 0.313. The fraction of sp³-hybridized carbons (Fsp3) is 0.111. The van der Waals surface area contributed by atoms with Crippen LogP contribution in [0.25, 0.3) is 0 Å². The van der Waals surface area contributed by atoms with Gasteiger partial charge in [0, 0.05) is 35.1 Å². The van der Waals surface area contributed by atoms with E-state index in [0.717, 1.165) is 0 Å². The molecule has 0 saturated carbocycles. The third-order valence-corrected chi connectivity index (χ3v) is 4.14. The summed E-state index contributed by atoms with van der Waals surface area (Å²) in [6.45, 7) is 0. The molecule has 0 bridgehead atoms. The molecular weight excluding hydrogens is 364 g/mol. The van der Waals surface area contributed by atoms with E-state index in [1.165, 1.54) is 24.3 Å². The predicted octanol–water partition coefficient (Wildman–Crippen LogP) is 4.39. The number of aromatic nitrogens is 2. The first kappa shape index (κ1) is 17.5. The molecule has 25 heavy (non-hydrogen) atoms. The van der Waals surface area contributed by atoms with Gasteiger partial charge in [-0.1, -0.05) is 35.3 Å². The molecule has 1 unspecified atom stereocenters. The van der Waals surface area contributed by atoms with E-state index in [0.29, 0.717) is 27.0 Å². The first-order valence-corrected chi connectivity index (χ1v) is 8.19. The number of hydrogen-bond acceptors (Lipinski definition) is 2. The lowest BCUT2D eigenvalue weighted by molar-refractivity contribution is 0.0941. The van der Waals surface area contributed by atoms with Gasteiger partial charge in [0.2, 0.25) is 0 Å². The Bertz CT molecular complexity index is 906. The summed E-state index contributed by atoms with van der Waals surface area (Å²) in [5, 5.41) is 3.58. The molecule has 1 heterocycles. The number of imidazole rings is 1. The van der Waals surface area contributed by atoms with Crippen LogP contribution in [0.2, 0.25) is 10.0 Å².